The van der Waals surface area contributed by atoms with E-state index in [0.29, 0.717) is 5.69 Å². The molecule has 0 aliphatic rings. The number of carbonyl (C=O) groups is 2. The van der Waals surface area contributed by atoms with Crippen LogP contribution in [0.2, 0.25) is 0 Å². The summed E-state index contributed by atoms with van der Waals surface area (Å²) in [4.78, 5) is 23.0. The van der Waals surface area contributed by atoms with Crippen molar-refractivity contribution in [3.05, 3.63) is 64.5 Å². The molecule has 0 aromatic heterocycles. The molecule has 0 unspecified atom stereocenters. The van der Waals surface area contributed by atoms with Crippen LogP contribution in [0, 0.1) is 40.4 Å². The van der Waals surface area contributed by atoms with Gasteiger partial charge in [-0.3, -0.25) is 9.59 Å². The van der Waals surface area contributed by atoms with Gasteiger partial charge in [0.1, 0.15) is 11.6 Å². The maximum Gasteiger partial charge on any atom is 0.266 e. The first kappa shape index (κ1) is 20.6. The second kappa shape index (κ2) is 8.30. The van der Waals surface area contributed by atoms with Gasteiger partial charge in [-0.1, -0.05) is 0 Å². The van der Waals surface area contributed by atoms with Crippen LogP contribution in [0.25, 0.3) is 6.08 Å². The van der Waals surface area contributed by atoms with Crippen molar-refractivity contribution in [2.24, 2.45) is 0 Å². The fourth-order valence-corrected chi connectivity index (χ4v) is 2.08. The zero-order valence-corrected chi connectivity index (χ0v) is 14.0. The van der Waals surface area contributed by atoms with Gasteiger partial charge in [-0.05, 0) is 30.3 Å². The van der Waals surface area contributed by atoms with Crippen molar-refractivity contribution in [3.8, 4) is 6.07 Å². The lowest BCUT2D eigenvalue weighted by Gasteiger charge is -2.08. The predicted octanol–water partition coefficient (Wildman–Crippen LogP) is 3.89. The first-order chi connectivity index (χ1) is 13.1. The van der Waals surface area contributed by atoms with E-state index in [1.807, 2.05) is 0 Å². The molecule has 2 aromatic rings. The lowest BCUT2D eigenvalue weighted by molar-refractivity contribution is -0.114. The average Bonchev–Trinajstić information content (AvgIpc) is 2.66. The Morgan fingerprint density at radius 3 is 1.71 bits per heavy atom. The highest BCUT2D eigenvalue weighted by atomic mass is 19.2. The zero-order valence-electron chi connectivity index (χ0n) is 14.0. The maximum absolute atomic E-state index is 13.7. The van der Waals surface area contributed by atoms with Crippen molar-refractivity contribution in [2.75, 3.05) is 10.6 Å². The molecule has 0 fully saturated rings. The molecule has 2 rings (SSSR count). The molecule has 0 aliphatic heterocycles. The van der Waals surface area contributed by atoms with Crippen molar-refractivity contribution < 1.29 is 31.5 Å². The van der Waals surface area contributed by atoms with E-state index < -0.39 is 46.1 Å². The Hall–Kier alpha value is -3.74. The van der Waals surface area contributed by atoms with Crippen LogP contribution in [-0.4, -0.2) is 11.8 Å². The number of benzene rings is 2. The normalized spacial score (nSPS) is 11.0. The largest absolute Gasteiger partial charge is 0.326 e. The third-order valence-electron chi connectivity index (χ3n) is 3.36. The fraction of sp³-hybridized carbons (Fsp3) is 0.0556. The summed E-state index contributed by atoms with van der Waals surface area (Å²) in [6.07, 6.45) is 0.261. The smallest absolute Gasteiger partial charge is 0.266 e. The van der Waals surface area contributed by atoms with Crippen LogP contribution in [0.3, 0.4) is 0 Å². The predicted molar refractivity (Wildman–Crippen MR) is 89.2 cm³/mol. The molecule has 0 heterocycles. The van der Waals surface area contributed by atoms with Gasteiger partial charge in [-0.15, -0.1) is 0 Å². The van der Waals surface area contributed by atoms with Gasteiger partial charge >= 0.3 is 0 Å². The molecule has 5 nitrogen and oxygen atoms in total. The average molecular weight is 395 g/mol. The molecule has 144 valence electrons. The van der Waals surface area contributed by atoms with E-state index in [9.17, 15) is 31.5 Å². The molecule has 0 saturated heterocycles. The van der Waals surface area contributed by atoms with Crippen molar-refractivity contribution in [2.45, 2.75) is 6.92 Å². The zero-order chi connectivity index (χ0) is 21.0. The van der Waals surface area contributed by atoms with Crippen molar-refractivity contribution in [1.29, 1.82) is 5.26 Å². The second-order valence-electron chi connectivity index (χ2n) is 5.37. The number of hydrogen-bond donors (Lipinski definition) is 2. The fourth-order valence-electron chi connectivity index (χ4n) is 2.08. The highest BCUT2D eigenvalue weighted by Crippen LogP contribution is 2.25. The van der Waals surface area contributed by atoms with E-state index in [-0.39, 0.29) is 17.7 Å². The van der Waals surface area contributed by atoms with Gasteiger partial charge in [-0.2, -0.15) is 5.26 Å². The highest BCUT2D eigenvalue weighted by molar-refractivity contribution is 6.09. The molecule has 0 spiro atoms. The topological polar surface area (TPSA) is 82.0 Å². The van der Waals surface area contributed by atoms with Crippen molar-refractivity contribution in [3.63, 3.8) is 0 Å². The molecule has 0 saturated carbocycles. The molecule has 0 aliphatic carbocycles. The Morgan fingerprint density at radius 2 is 1.29 bits per heavy atom. The number of carbonyl (C=O) groups excluding carboxylic acids is 2. The second-order valence-corrected chi connectivity index (χ2v) is 5.37. The number of halogens is 5. The van der Waals surface area contributed by atoms with Crippen LogP contribution >= 0.6 is 0 Å². The first-order valence-electron chi connectivity index (χ1n) is 7.48. The number of nitrogens with one attached hydrogen (secondary N) is 2. The number of nitriles is 1. The van der Waals surface area contributed by atoms with Gasteiger partial charge < -0.3 is 10.6 Å². The molecule has 0 bridgehead atoms. The third kappa shape index (κ3) is 4.32. The lowest BCUT2D eigenvalue weighted by Crippen LogP contribution is -2.14. The van der Waals surface area contributed by atoms with Crippen LogP contribution < -0.4 is 10.6 Å². The molecule has 0 radical (unpaired) electrons. The minimum Gasteiger partial charge on any atom is -0.326 e. The SMILES string of the molecule is CC(=O)Nc1ccc(NC(=O)/C(C#N)=C/c2c(F)c(F)c(F)c(F)c2F)cc1. The summed E-state index contributed by atoms with van der Waals surface area (Å²) >= 11 is 0. The lowest BCUT2D eigenvalue weighted by atomic mass is 10.1. The summed E-state index contributed by atoms with van der Waals surface area (Å²) in [5, 5.41) is 13.7. The molecule has 28 heavy (non-hydrogen) atoms. The number of nitrogens with zero attached hydrogens (tertiary/aromatic N) is 1. The molecular formula is C18H10F5N3O2. The van der Waals surface area contributed by atoms with Gasteiger partial charge in [0, 0.05) is 18.3 Å². The van der Waals surface area contributed by atoms with Gasteiger partial charge in [0.2, 0.25) is 11.7 Å². The maximum atomic E-state index is 13.7. The number of anilines is 2. The Morgan fingerprint density at radius 1 is 0.857 bits per heavy atom. The minimum absolute atomic E-state index is 0.151. The monoisotopic (exact) mass is 395 g/mol. The standard InChI is InChI=1S/C18H10F5N3O2/c1-8(27)25-10-2-4-11(5-3-10)26-18(28)9(7-24)6-12-13(19)15(21)17(23)16(22)14(12)20/h2-6H,1H3,(H,25,27)(H,26,28)/b9-6+. The van der Waals surface area contributed by atoms with E-state index in [1.54, 1.807) is 0 Å². The molecular weight excluding hydrogens is 385 g/mol. The number of rotatable bonds is 4. The van der Waals surface area contributed by atoms with Crippen LogP contribution in [0.4, 0.5) is 33.3 Å². The van der Waals surface area contributed by atoms with Crippen molar-refractivity contribution >= 4 is 29.3 Å². The molecule has 2 amide bonds. The number of amides is 2. The summed E-state index contributed by atoms with van der Waals surface area (Å²) in [5.74, 6) is -12.6. The van der Waals surface area contributed by atoms with E-state index >= 15 is 0 Å². The van der Waals surface area contributed by atoms with Gasteiger partial charge in [0.05, 0.1) is 5.56 Å². The van der Waals surface area contributed by atoms with Crippen LogP contribution in [0.5, 0.6) is 0 Å². The van der Waals surface area contributed by atoms with E-state index in [1.165, 1.54) is 37.3 Å². The van der Waals surface area contributed by atoms with Crippen LogP contribution in [-0.2, 0) is 9.59 Å². The van der Waals surface area contributed by atoms with Gasteiger partial charge in [0.25, 0.3) is 5.91 Å². The van der Waals surface area contributed by atoms with Crippen LogP contribution in [0.1, 0.15) is 12.5 Å². The van der Waals surface area contributed by atoms with E-state index in [0.717, 1.165) is 0 Å². The van der Waals surface area contributed by atoms with E-state index in [4.69, 9.17) is 5.26 Å². The Bertz CT molecular complexity index is 998. The van der Waals surface area contributed by atoms with Gasteiger partial charge in [0.15, 0.2) is 23.3 Å². The van der Waals surface area contributed by atoms with Crippen molar-refractivity contribution in [1.82, 2.24) is 0 Å². The first-order valence-corrected chi connectivity index (χ1v) is 7.48. The Balaban J connectivity index is 2.32. The summed E-state index contributed by atoms with van der Waals surface area (Å²) in [5.41, 5.74) is -1.74. The third-order valence-corrected chi connectivity index (χ3v) is 3.36. The minimum atomic E-state index is -2.35. The summed E-state index contributed by atoms with van der Waals surface area (Å²) in [6, 6.07) is 6.91. The quantitative estimate of drug-likeness (QED) is 0.271. The molecule has 0 atom stereocenters. The molecule has 2 aromatic carbocycles. The highest BCUT2D eigenvalue weighted by Gasteiger charge is 2.25. The Kier molecular flexibility index (Phi) is 6.10. The molecule has 2 N–H and O–H groups in total. The summed E-state index contributed by atoms with van der Waals surface area (Å²) in [6.45, 7) is 1.29. The van der Waals surface area contributed by atoms with E-state index in [2.05, 4.69) is 10.6 Å². The number of hydrogen-bond acceptors (Lipinski definition) is 3. The summed E-state index contributed by atoms with van der Waals surface area (Å²) < 4.78 is 66.9. The Labute approximate surface area is 155 Å². The molecule has 10 heteroatoms. The van der Waals surface area contributed by atoms with Crippen LogP contribution in [0.15, 0.2) is 29.8 Å². The van der Waals surface area contributed by atoms with Gasteiger partial charge in [-0.25, -0.2) is 22.0 Å². The summed E-state index contributed by atoms with van der Waals surface area (Å²) in [7, 11) is 0.